The Morgan fingerprint density at radius 2 is 2.03 bits per heavy atom. The number of carbonyl (C=O) groups excluding carboxylic acids is 1. The number of benzene rings is 2. The molecule has 0 spiro atoms. The summed E-state index contributed by atoms with van der Waals surface area (Å²) >= 11 is 2.85. The fourth-order valence-corrected chi connectivity index (χ4v) is 6.54. The molecule has 1 amide bonds. The van der Waals surface area contributed by atoms with E-state index >= 15 is 0 Å². The van der Waals surface area contributed by atoms with E-state index in [0.29, 0.717) is 22.8 Å². The van der Waals surface area contributed by atoms with Gasteiger partial charge < -0.3 is 15.0 Å². The molecular weight excluding hydrogens is 492 g/mol. The average Bonchev–Trinajstić information content (AvgIpc) is 3.21. The molecule has 4 aromatic rings. The Bertz CT molecular complexity index is 1480. The molecule has 1 N–H and O–H groups in total. The number of aryl methyl sites for hydroxylation is 1. The number of hydrogen-bond acceptors (Lipinski definition) is 7. The number of amides is 1. The molecule has 0 saturated carbocycles. The van der Waals surface area contributed by atoms with Crippen molar-refractivity contribution in [1.82, 2.24) is 14.5 Å². The first kappa shape index (κ1) is 24.5. The number of nitrogens with one attached hydrogen (secondary N) is 1. The topological polar surface area (TPSA) is 76.5 Å². The zero-order valence-corrected chi connectivity index (χ0v) is 22.2. The molecule has 7 nitrogen and oxygen atoms in total. The minimum absolute atomic E-state index is 0.0900. The van der Waals surface area contributed by atoms with Crippen LogP contribution in [0.1, 0.15) is 22.9 Å². The van der Waals surface area contributed by atoms with Gasteiger partial charge in [-0.1, -0.05) is 23.9 Å². The molecule has 3 heterocycles. The second-order valence-electron chi connectivity index (χ2n) is 8.84. The SMILES string of the molecule is CCOc1ccc(-n2c(SCC(=O)Nc3cccc(C)c3)nc3sc4c(c3c2=O)CCN(C)C4)cc1. The number of fused-ring (bicyclic) bond motifs is 3. The quantitative estimate of drug-likeness (QED) is 0.277. The van der Waals surface area contributed by atoms with Crippen LogP contribution in [0.15, 0.2) is 58.5 Å². The number of thioether (sulfide) groups is 1. The number of aromatic nitrogens is 2. The second kappa shape index (κ2) is 10.5. The normalized spacial score (nSPS) is 13.5. The Balaban J connectivity index is 1.52. The Hall–Kier alpha value is -3.14. The van der Waals surface area contributed by atoms with Crippen molar-refractivity contribution in [2.45, 2.75) is 32.0 Å². The van der Waals surface area contributed by atoms with Gasteiger partial charge in [-0.25, -0.2) is 4.98 Å². The van der Waals surface area contributed by atoms with Gasteiger partial charge in [0.2, 0.25) is 5.91 Å². The van der Waals surface area contributed by atoms with Crippen LogP contribution in [0.5, 0.6) is 5.75 Å². The van der Waals surface area contributed by atoms with Gasteiger partial charge in [0.25, 0.3) is 5.56 Å². The van der Waals surface area contributed by atoms with Crippen molar-refractivity contribution in [3.05, 3.63) is 74.9 Å². The van der Waals surface area contributed by atoms with Crippen LogP contribution in [-0.4, -0.2) is 46.3 Å². The summed E-state index contributed by atoms with van der Waals surface area (Å²) < 4.78 is 7.21. The summed E-state index contributed by atoms with van der Waals surface area (Å²) in [5.74, 6) is 0.729. The standard InChI is InChI=1S/C27H28N4O3S2/c1-4-34-20-10-8-19(9-11-20)31-26(33)24-21-12-13-30(3)15-22(21)36-25(24)29-27(31)35-16-23(32)28-18-7-5-6-17(2)14-18/h5-11,14H,4,12-13,15-16H2,1-3H3,(H,28,32). The summed E-state index contributed by atoms with van der Waals surface area (Å²) in [6.07, 6.45) is 0.831. The van der Waals surface area contributed by atoms with Crippen molar-refractivity contribution in [3.63, 3.8) is 0 Å². The smallest absolute Gasteiger partial charge is 0.267 e. The number of rotatable bonds is 7. The Morgan fingerprint density at radius 3 is 2.78 bits per heavy atom. The van der Waals surface area contributed by atoms with Crippen molar-refractivity contribution in [1.29, 1.82) is 0 Å². The first-order chi connectivity index (χ1) is 17.4. The van der Waals surface area contributed by atoms with Gasteiger partial charge in [-0.05, 0) is 74.8 Å². The lowest BCUT2D eigenvalue weighted by atomic mass is 10.1. The molecule has 0 unspecified atom stereocenters. The second-order valence-corrected chi connectivity index (χ2v) is 10.9. The molecule has 36 heavy (non-hydrogen) atoms. The number of anilines is 1. The fourth-order valence-electron chi connectivity index (χ4n) is 4.38. The third-order valence-electron chi connectivity index (χ3n) is 6.07. The van der Waals surface area contributed by atoms with Crippen LogP contribution < -0.4 is 15.6 Å². The molecule has 186 valence electrons. The van der Waals surface area contributed by atoms with Crippen molar-refractivity contribution in [2.75, 3.05) is 31.3 Å². The van der Waals surface area contributed by atoms with Crippen molar-refractivity contribution >= 4 is 44.9 Å². The number of nitrogens with zero attached hydrogens (tertiary/aromatic N) is 3. The van der Waals surface area contributed by atoms with E-state index in [2.05, 4.69) is 17.3 Å². The van der Waals surface area contributed by atoms with Crippen molar-refractivity contribution in [3.8, 4) is 11.4 Å². The van der Waals surface area contributed by atoms with Crippen LogP contribution in [0, 0.1) is 6.92 Å². The average molecular weight is 521 g/mol. The third-order valence-corrected chi connectivity index (χ3v) is 8.12. The molecule has 0 fully saturated rings. The minimum Gasteiger partial charge on any atom is -0.494 e. The molecule has 0 radical (unpaired) electrons. The van der Waals surface area contributed by atoms with E-state index in [4.69, 9.17) is 9.72 Å². The first-order valence-electron chi connectivity index (χ1n) is 11.9. The highest BCUT2D eigenvalue weighted by Crippen LogP contribution is 2.34. The number of carbonyl (C=O) groups is 1. The maximum absolute atomic E-state index is 13.9. The summed E-state index contributed by atoms with van der Waals surface area (Å²) in [5.41, 5.74) is 3.55. The summed E-state index contributed by atoms with van der Waals surface area (Å²) in [4.78, 5) is 35.8. The van der Waals surface area contributed by atoms with E-state index in [1.54, 1.807) is 15.9 Å². The van der Waals surface area contributed by atoms with Gasteiger partial charge in [-0.3, -0.25) is 14.2 Å². The minimum atomic E-state index is -0.148. The highest BCUT2D eigenvalue weighted by Gasteiger charge is 2.24. The van der Waals surface area contributed by atoms with Crippen molar-refractivity contribution in [2.24, 2.45) is 0 Å². The highest BCUT2D eigenvalue weighted by atomic mass is 32.2. The summed E-state index contributed by atoms with van der Waals surface area (Å²) in [6.45, 7) is 6.22. The molecular formula is C27H28N4O3S2. The maximum Gasteiger partial charge on any atom is 0.267 e. The fraction of sp³-hybridized carbons (Fsp3) is 0.296. The molecule has 1 aliphatic rings. The van der Waals surface area contributed by atoms with Crippen LogP contribution in [0.25, 0.3) is 15.9 Å². The Kier molecular flexibility index (Phi) is 7.13. The monoisotopic (exact) mass is 520 g/mol. The van der Waals surface area contributed by atoms with Crippen molar-refractivity contribution < 1.29 is 9.53 Å². The van der Waals surface area contributed by atoms with Gasteiger partial charge in [0, 0.05) is 23.7 Å². The van der Waals surface area contributed by atoms with E-state index in [0.717, 1.165) is 46.9 Å². The predicted molar refractivity (Wildman–Crippen MR) is 147 cm³/mol. The molecule has 9 heteroatoms. The lowest BCUT2D eigenvalue weighted by molar-refractivity contribution is -0.113. The van der Waals surface area contributed by atoms with Crippen LogP contribution in [0.2, 0.25) is 0 Å². The van der Waals surface area contributed by atoms with Crippen LogP contribution in [0.3, 0.4) is 0 Å². The van der Waals surface area contributed by atoms with E-state index in [-0.39, 0.29) is 17.2 Å². The molecule has 5 rings (SSSR count). The van der Waals surface area contributed by atoms with E-state index in [1.165, 1.54) is 16.6 Å². The zero-order chi connectivity index (χ0) is 25.2. The molecule has 2 aromatic heterocycles. The van der Waals surface area contributed by atoms with Crippen LogP contribution >= 0.6 is 23.1 Å². The summed E-state index contributed by atoms with van der Waals surface area (Å²) in [7, 11) is 2.09. The largest absolute Gasteiger partial charge is 0.494 e. The summed E-state index contributed by atoms with van der Waals surface area (Å²) in [5, 5.41) is 4.14. The number of hydrogen-bond donors (Lipinski definition) is 1. The highest BCUT2D eigenvalue weighted by molar-refractivity contribution is 7.99. The third kappa shape index (κ3) is 5.04. The van der Waals surface area contributed by atoms with E-state index < -0.39 is 0 Å². The van der Waals surface area contributed by atoms with Gasteiger partial charge in [0.05, 0.1) is 23.4 Å². The molecule has 1 aliphatic heterocycles. The van der Waals surface area contributed by atoms with Gasteiger partial charge in [0.1, 0.15) is 10.6 Å². The van der Waals surface area contributed by atoms with E-state index in [1.807, 2.05) is 62.4 Å². The lowest BCUT2D eigenvalue weighted by Gasteiger charge is -2.21. The van der Waals surface area contributed by atoms with Gasteiger partial charge in [-0.15, -0.1) is 11.3 Å². The molecule has 0 bridgehead atoms. The number of ether oxygens (including phenoxy) is 1. The Labute approximate surface area is 218 Å². The van der Waals surface area contributed by atoms with Crippen LogP contribution in [-0.2, 0) is 17.8 Å². The lowest BCUT2D eigenvalue weighted by Crippen LogP contribution is -2.27. The maximum atomic E-state index is 13.9. The molecule has 0 atom stereocenters. The number of thiophene rings is 1. The molecule has 0 aliphatic carbocycles. The predicted octanol–water partition coefficient (Wildman–Crippen LogP) is 4.87. The molecule has 0 saturated heterocycles. The zero-order valence-electron chi connectivity index (χ0n) is 20.5. The van der Waals surface area contributed by atoms with E-state index in [9.17, 15) is 9.59 Å². The van der Waals surface area contributed by atoms with Gasteiger partial charge in [-0.2, -0.15) is 0 Å². The first-order valence-corrected chi connectivity index (χ1v) is 13.7. The van der Waals surface area contributed by atoms with Gasteiger partial charge in [0.15, 0.2) is 5.16 Å². The van der Waals surface area contributed by atoms with Crippen LogP contribution in [0.4, 0.5) is 5.69 Å². The van der Waals surface area contributed by atoms with Gasteiger partial charge >= 0.3 is 0 Å². The Morgan fingerprint density at radius 1 is 1.22 bits per heavy atom. The number of likely N-dealkylation sites (N-methyl/N-ethyl adjacent to an activating group) is 1. The summed E-state index contributed by atoms with van der Waals surface area (Å²) in [6, 6.07) is 15.1. The molecule has 2 aromatic carbocycles.